The first-order valence-electron chi connectivity index (χ1n) is 4.50. The Kier molecular flexibility index (Phi) is 3.58. The third-order valence-electron chi connectivity index (χ3n) is 2.06. The van der Waals surface area contributed by atoms with E-state index in [1.807, 2.05) is 14.1 Å². The first-order valence-corrected chi connectivity index (χ1v) is 4.50. The molecule has 72 valence electrons. The second kappa shape index (κ2) is 4.72. The number of benzene rings is 1. The van der Waals surface area contributed by atoms with Crippen molar-refractivity contribution in [2.75, 3.05) is 31.3 Å². The highest BCUT2D eigenvalue weighted by molar-refractivity contribution is 5.69. The average Bonchev–Trinajstić information content (AvgIpc) is 2.18. The van der Waals surface area contributed by atoms with Gasteiger partial charge < -0.3 is 16.4 Å². The van der Waals surface area contributed by atoms with Gasteiger partial charge >= 0.3 is 0 Å². The van der Waals surface area contributed by atoms with Gasteiger partial charge in [-0.15, -0.1) is 0 Å². The van der Waals surface area contributed by atoms with E-state index in [0.29, 0.717) is 6.54 Å². The van der Waals surface area contributed by atoms with Crippen molar-refractivity contribution in [3.63, 3.8) is 0 Å². The summed E-state index contributed by atoms with van der Waals surface area (Å²) in [6.07, 6.45) is 0.929. The van der Waals surface area contributed by atoms with Gasteiger partial charge in [0.2, 0.25) is 0 Å². The second-order valence-electron chi connectivity index (χ2n) is 2.92. The Bertz CT molecular complexity index is 271. The maximum Gasteiger partial charge on any atom is 0.0576 e. The van der Waals surface area contributed by atoms with Crippen LogP contribution in [0.3, 0.4) is 0 Å². The van der Waals surface area contributed by atoms with Crippen molar-refractivity contribution < 1.29 is 0 Å². The number of hydrogen-bond acceptors (Lipinski definition) is 3. The van der Waals surface area contributed by atoms with E-state index in [-0.39, 0.29) is 0 Å². The van der Waals surface area contributed by atoms with Crippen molar-refractivity contribution >= 4 is 11.4 Å². The van der Waals surface area contributed by atoms with Crippen LogP contribution in [0, 0.1) is 0 Å². The molecule has 0 aliphatic heterocycles. The zero-order valence-corrected chi connectivity index (χ0v) is 8.22. The van der Waals surface area contributed by atoms with Gasteiger partial charge in [-0.2, -0.15) is 0 Å². The highest BCUT2D eigenvalue weighted by Gasteiger charge is 1.99. The number of hydrogen-bond donors (Lipinski definition) is 3. The lowest BCUT2D eigenvalue weighted by molar-refractivity contribution is 0.969. The van der Waals surface area contributed by atoms with Gasteiger partial charge in [0.25, 0.3) is 0 Å². The van der Waals surface area contributed by atoms with Crippen molar-refractivity contribution in [2.24, 2.45) is 5.73 Å². The lowest BCUT2D eigenvalue weighted by Gasteiger charge is -2.10. The number of nitrogens with two attached hydrogens (primary N) is 1. The van der Waals surface area contributed by atoms with E-state index in [1.165, 1.54) is 5.56 Å². The van der Waals surface area contributed by atoms with Gasteiger partial charge in [-0.05, 0) is 30.7 Å². The van der Waals surface area contributed by atoms with Gasteiger partial charge in [0.15, 0.2) is 0 Å². The molecule has 3 nitrogen and oxygen atoms in total. The molecule has 0 saturated carbocycles. The van der Waals surface area contributed by atoms with Crippen LogP contribution in [0.25, 0.3) is 0 Å². The Morgan fingerprint density at radius 1 is 1.15 bits per heavy atom. The van der Waals surface area contributed by atoms with Crippen LogP contribution in [0.15, 0.2) is 18.2 Å². The molecule has 0 heterocycles. The molecular formula is C10H17N3. The largest absolute Gasteiger partial charge is 0.386 e. The van der Waals surface area contributed by atoms with Crippen molar-refractivity contribution in [2.45, 2.75) is 6.42 Å². The van der Waals surface area contributed by atoms with Crippen molar-refractivity contribution in [3.05, 3.63) is 23.8 Å². The Labute approximate surface area is 79.3 Å². The van der Waals surface area contributed by atoms with Gasteiger partial charge in [-0.3, -0.25) is 0 Å². The number of rotatable bonds is 4. The monoisotopic (exact) mass is 179 g/mol. The Morgan fingerprint density at radius 2 is 1.85 bits per heavy atom. The summed E-state index contributed by atoms with van der Waals surface area (Å²) < 4.78 is 0. The molecule has 0 unspecified atom stereocenters. The van der Waals surface area contributed by atoms with Crippen LogP contribution in [-0.2, 0) is 6.42 Å². The molecule has 0 spiro atoms. The molecule has 0 amide bonds. The third-order valence-corrected chi connectivity index (χ3v) is 2.06. The van der Waals surface area contributed by atoms with E-state index in [2.05, 4.69) is 28.8 Å². The summed E-state index contributed by atoms with van der Waals surface area (Å²) in [6.45, 7) is 0.696. The summed E-state index contributed by atoms with van der Waals surface area (Å²) in [5.41, 5.74) is 8.99. The molecule has 0 atom stereocenters. The lowest BCUT2D eigenvalue weighted by Crippen LogP contribution is -2.04. The molecule has 0 saturated heterocycles. The third kappa shape index (κ3) is 2.36. The summed E-state index contributed by atoms with van der Waals surface area (Å²) in [6, 6.07) is 6.29. The van der Waals surface area contributed by atoms with E-state index in [1.54, 1.807) is 0 Å². The van der Waals surface area contributed by atoms with Crippen molar-refractivity contribution in [3.8, 4) is 0 Å². The average molecular weight is 179 g/mol. The van der Waals surface area contributed by atoms with Gasteiger partial charge in [-0.25, -0.2) is 0 Å². The molecule has 0 bridgehead atoms. The molecule has 13 heavy (non-hydrogen) atoms. The van der Waals surface area contributed by atoms with E-state index in [4.69, 9.17) is 5.73 Å². The zero-order valence-electron chi connectivity index (χ0n) is 8.22. The Hall–Kier alpha value is -1.22. The van der Waals surface area contributed by atoms with E-state index in [0.717, 1.165) is 17.8 Å². The predicted molar refractivity (Wildman–Crippen MR) is 58.3 cm³/mol. The molecule has 0 radical (unpaired) electrons. The number of nitrogens with one attached hydrogen (secondary N) is 2. The van der Waals surface area contributed by atoms with Crippen molar-refractivity contribution in [1.82, 2.24) is 0 Å². The van der Waals surface area contributed by atoms with Gasteiger partial charge in [0, 0.05) is 14.1 Å². The van der Waals surface area contributed by atoms with Crippen LogP contribution < -0.4 is 16.4 Å². The molecule has 1 aromatic rings. The quantitative estimate of drug-likeness (QED) is 0.652. The van der Waals surface area contributed by atoms with Crippen LogP contribution in [-0.4, -0.2) is 20.6 Å². The van der Waals surface area contributed by atoms with Crippen LogP contribution in [0.4, 0.5) is 11.4 Å². The number of anilines is 2. The van der Waals surface area contributed by atoms with E-state index >= 15 is 0 Å². The SMILES string of the molecule is CNc1ccc(CCN)cc1NC. The lowest BCUT2D eigenvalue weighted by atomic mass is 10.1. The first-order chi connectivity index (χ1) is 6.31. The van der Waals surface area contributed by atoms with Crippen LogP contribution in [0.5, 0.6) is 0 Å². The topological polar surface area (TPSA) is 50.1 Å². The fourth-order valence-corrected chi connectivity index (χ4v) is 1.34. The van der Waals surface area contributed by atoms with Crippen LogP contribution in [0.2, 0.25) is 0 Å². The van der Waals surface area contributed by atoms with Crippen LogP contribution >= 0.6 is 0 Å². The minimum atomic E-state index is 0.696. The van der Waals surface area contributed by atoms with Gasteiger partial charge in [0.1, 0.15) is 0 Å². The molecule has 1 aromatic carbocycles. The fraction of sp³-hybridized carbons (Fsp3) is 0.400. The van der Waals surface area contributed by atoms with E-state index in [9.17, 15) is 0 Å². The molecule has 3 heteroatoms. The highest BCUT2D eigenvalue weighted by Crippen LogP contribution is 2.22. The fourth-order valence-electron chi connectivity index (χ4n) is 1.34. The molecule has 0 aliphatic rings. The maximum atomic E-state index is 5.49. The Balaban J connectivity index is 2.91. The van der Waals surface area contributed by atoms with Gasteiger partial charge in [-0.1, -0.05) is 6.07 Å². The summed E-state index contributed by atoms with van der Waals surface area (Å²) in [5, 5.41) is 6.26. The molecular weight excluding hydrogens is 162 g/mol. The summed E-state index contributed by atoms with van der Waals surface area (Å²) in [4.78, 5) is 0. The molecule has 4 N–H and O–H groups in total. The molecule has 0 fully saturated rings. The zero-order chi connectivity index (χ0) is 9.68. The predicted octanol–water partition coefficient (Wildman–Crippen LogP) is 1.27. The Morgan fingerprint density at radius 3 is 2.38 bits per heavy atom. The minimum Gasteiger partial charge on any atom is -0.386 e. The van der Waals surface area contributed by atoms with Gasteiger partial charge in [0.05, 0.1) is 11.4 Å². The molecule has 1 rings (SSSR count). The normalized spacial score (nSPS) is 9.77. The van der Waals surface area contributed by atoms with Crippen LogP contribution in [0.1, 0.15) is 5.56 Å². The molecule has 0 aromatic heterocycles. The molecule has 0 aliphatic carbocycles. The first kappa shape index (κ1) is 9.86. The summed E-state index contributed by atoms with van der Waals surface area (Å²) in [7, 11) is 3.83. The maximum absolute atomic E-state index is 5.49. The van der Waals surface area contributed by atoms with E-state index < -0.39 is 0 Å². The smallest absolute Gasteiger partial charge is 0.0576 e. The summed E-state index contributed by atoms with van der Waals surface area (Å²) >= 11 is 0. The second-order valence-corrected chi connectivity index (χ2v) is 2.92. The minimum absolute atomic E-state index is 0.696. The standard InChI is InChI=1S/C10H17N3/c1-12-9-4-3-8(5-6-11)7-10(9)13-2/h3-4,7,12-13H,5-6,11H2,1-2H3. The summed E-state index contributed by atoms with van der Waals surface area (Å²) in [5.74, 6) is 0. The van der Waals surface area contributed by atoms with Crippen molar-refractivity contribution in [1.29, 1.82) is 0 Å². The highest BCUT2D eigenvalue weighted by atomic mass is 14.9.